The van der Waals surface area contributed by atoms with Crippen LogP contribution in [0.5, 0.6) is 0 Å². The molecule has 0 aromatic heterocycles. The molecule has 0 bridgehead atoms. The van der Waals surface area contributed by atoms with Gasteiger partial charge in [-0.2, -0.15) is 0 Å². The van der Waals surface area contributed by atoms with E-state index in [1.54, 1.807) is 0 Å². The normalized spacial score (nSPS) is 29.9. The van der Waals surface area contributed by atoms with Crippen molar-refractivity contribution in [3.63, 3.8) is 0 Å². The van der Waals surface area contributed by atoms with Crippen molar-refractivity contribution in [2.45, 2.75) is 52.4 Å². The van der Waals surface area contributed by atoms with Gasteiger partial charge in [0, 0.05) is 12.0 Å². The van der Waals surface area contributed by atoms with Crippen LogP contribution in [0.1, 0.15) is 52.7 Å². The van der Waals surface area contributed by atoms with Crippen LogP contribution in [0.25, 0.3) is 0 Å². The van der Waals surface area contributed by atoms with Crippen LogP contribution in [0.4, 0.5) is 0 Å². The van der Waals surface area contributed by atoms with Gasteiger partial charge in [0.25, 0.3) is 0 Å². The number of hydrogen-bond acceptors (Lipinski definition) is 1. The summed E-state index contributed by atoms with van der Waals surface area (Å²) in [6, 6.07) is 8.76. The van der Waals surface area contributed by atoms with Gasteiger partial charge in [-0.3, -0.25) is 0 Å². The van der Waals surface area contributed by atoms with E-state index < -0.39 is 0 Å². The van der Waals surface area contributed by atoms with E-state index in [-0.39, 0.29) is 28.8 Å². The minimum atomic E-state index is 0.0157. The van der Waals surface area contributed by atoms with Gasteiger partial charge >= 0.3 is 0 Å². The average molecular weight is 246 g/mol. The number of fused-ring (bicyclic) bond motifs is 1. The first-order valence-corrected chi connectivity index (χ1v) is 6.92. The second-order valence-electron chi connectivity index (χ2n) is 7.08. The molecule has 1 aromatic carbocycles. The van der Waals surface area contributed by atoms with Gasteiger partial charge in [0.05, 0.1) is 0 Å². The third-order valence-corrected chi connectivity index (χ3v) is 6.28. The predicted octanol–water partition coefficient (Wildman–Crippen LogP) is 3.89. The van der Waals surface area contributed by atoms with Crippen molar-refractivity contribution in [1.82, 2.24) is 0 Å². The summed E-state index contributed by atoms with van der Waals surface area (Å²) in [6.45, 7) is 14.1. The van der Waals surface area contributed by atoms with Crippen LogP contribution < -0.4 is 0 Å². The number of aliphatic hydroxyl groups is 1. The van der Waals surface area contributed by atoms with Crippen LogP contribution in [-0.4, -0.2) is 11.7 Å². The van der Waals surface area contributed by atoms with Crippen molar-refractivity contribution in [1.29, 1.82) is 0 Å². The van der Waals surface area contributed by atoms with Gasteiger partial charge in [0.1, 0.15) is 0 Å². The highest BCUT2D eigenvalue weighted by atomic mass is 16.3. The Labute approximate surface area is 111 Å². The van der Waals surface area contributed by atoms with Crippen LogP contribution >= 0.6 is 0 Å². The maximum Gasteiger partial charge on any atom is 0.0465 e. The van der Waals surface area contributed by atoms with Crippen LogP contribution in [0.2, 0.25) is 0 Å². The molecular formula is C17H26O. The molecule has 1 N–H and O–H groups in total. The van der Waals surface area contributed by atoms with Gasteiger partial charge in [0.2, 0.25) is 0 Å². The van der Waals surface area contributed by atoms with Gasteiger partial charge in [-0.15, -0.1) is 0 Å². The van der Waals surface area contributed by atoms with Gasteiger partial charge < -0.3 is 5.11 Å². The average Bonchev–Trinajstić information content (AvgIpc) is 2.47. The van der Waals surface area contributed by atoms with E-state index in [4.69, 9.17) is 0 Å². The largest absolute Gasteiger partial charge is 0.396 e. The lowest BCUT2D eigenvalue weighted by atomic mass is 9.54. The fourth-order valence-electron chi connectivity index (χ4n) is 3.87. The number of rotatable bonds is 2. The zero-order chi connectivity index (χ0) is 13.8. The Hall–Kier alpha value is -0.820. The summed E-state index contributed by atoms with van der Waals surface area (Å²) >= 11 is 0. The smallest absolute Gasteiger partial charge is 0.0465 e. The first-order valence-electron chi connectivity index (χ1n) is 6.92. The maximum absolute atomic E-state index is 9.69. The Morgan fingerprint density at radius 2 is 1.50 bits per heavy atom. The molecule has 0 fully saturated rings. The van der Waals surface area contributed by atoms with E-state index in [0.717, 1.165) is 0 Å². The molecule has 0 radical (unpaired) electrons. The molecule has 2 unspecified atom stereocenters. The molecule has 1 aliphatic carbocycles. The summed E-state index contributed by atoms with van der Waals surface area (Å²) in [6.07, 6.45) is 0. The monoisotopic (exact) mass is 246 g/mol. The third-order valence-electron chi connectivity index (χ3n) is 6.28. The van der Waals surface area contributed by atoms with Crippen LogP contribution in [-0.2, 0) is 10.8 Å². The second-order valence-corrected chi connectivity index (χ2v) is 7.08. The van der Waals surface area contributed by atoms with E-state index in [1.807, 2.05) is 0 Å². The van der Waals surface area contributed by atoms with Crippen LogP contribution in [0.15, 0.2) is 24.3 Å². The Morgan fingerprint density at radius 1 is 1.00 bits per heavy atom. The van der Waals surface area contributed by atoms with E-state index in [2.05, 4.69) is 65.8 Å². The summed E-state index contributed by atoms with van der Waals surface area (Å²) < 4.78 is 0. The first kappa shape index (κ1) is 13.6. The summed E-state index contributed by atoms with van der Waals surface area (Å²) in [5.41, 5.74) is 3.12. The molecule has 0 saturated carbocycles. The topological polar surface area (TPSA) is 20.2 Å². The van der Waals surface area contributed by atoms with Crippen molar-refractivity contribution in [3.05, 3.63) is 35.4 Å². The first-order chi connectivity index (χ1) is 8.21. The van der Waals surface area contributed by atoms with Crippen LogP contribution in [0.3, 0.4) is 0 Å². The minimum Gasteiger partial charge on any atom is -0.396 e. The molecule has 1 aliphatic rings. The second kappa shape index (κ2) is 3.84. The fourth-order valence-corrected chi connectivity index (χ4v) is 3.87. The van der Waals surface area contributed by atoms with Gasteiger partial charge in [-0.1, -0.05) is 65.8 Å². The van der Waals surface area contributed by atoms with E-state index in [9.17, 15) is 5.11 Å². The molecular weight excluding hydrogens is 220 g/mol. The molecule has 0 heterocycles. The fraction of sp³-hybridized carbons (Fsp3) is 0.647. The Bertz CT molecular complexity index is 458. The highest BCUT2D eigenvalue weighted by Crippen LogP contribution is 2.63. The van der Waals surface area contributed by atoms with E-state index in [0.29, 0.717) is 0 Å². The molecule has 1 aromatic rings. The molecule has 0 spiro atoms. The zero-order valence-corrected chi connectivity index (χ0v) is 12.5. The molecule has 2 rings (SSSR count). The molecule has 100 valence electrons. The van der Waals surface area contributed by atoms with Crippen molar-refractivity contribution >= 4 is 0 Å². The third kappa shape index (κ3) is 1.31. The molecule has 0 amide bonds. The highest BCUT2D eigenvalue weighted by molar-refractivity contribution is 5.49. The minimum absolute atomic E-state index is 0.0157. The molecule has 18 heavy (non-hydrogen) atoms. The summed E-state index contributed by atoms with van der Waals surface area (Å²) in [4.78, 5) is 0. The predicted molar refractivity (Wildman–Crippen MR) is 76.9 cm³/mol. The number of aliphatic hydroxyl groups excluding tert-OH is 1. The Kier molecular flexibility index (Phi) is 2.90. The SMILES string of the molecule is CC(CO)C1(C)c2ccccc2C(C)(C)C1(C)C. The lowest BCUT2D eigenvalue weighted by molar-refractivity contribution is 0.0411. The van der Waals surface area contributed by atoms with E-state index >= 15 is 0 Å². The van der Waals surface area contributed by atoms with Crippen molar-refractivity contribution in [2.75, 3.05) is 6.61 Å². The quantitative estimate of drug-likeness (QED) is 0.839. The van der Waals surface area contributed by atoms with Crippen molar-refractivity contribution in [2.24, 2.45) is 11.3 Å². The number of hydrogen-bond donors (Lipinski definition) is 1. The zero-order valence-electron chi connectivity index (χ0n) is 12.5. The molecule has 0 aliphatic heterocycles. The molecule has 0 saturated heterocycles. The van der Waals surface area contributed by atoms with Crippen LogP contribution in [0, 0.1) is 11.3 Å². The lowest BCUT2D eigenvalue weighted by Gasteiger charge is -2.49. The van der Waals surface area contributed by atoms with Gasteiger partial charge in [-0.05, 0) is 27.9 Å². The van der Waals surface area contributed by atoms with Gasteiger partial charge in [0.15, 0.2) is 0 Å². The molecule has 2 atom stereocenters. The van der Waals surface area contributed by atoms with Gasteiger partial charge in [-0.25, -0.2) is 0 Å². The summed E-state index contributed by atoms with van der Waals surface area (Å²) in [7, 11) is 0. The highest BCUT2D eigenvalue weighted by Gasteiger charge is 2.60. The Balaban J connectivity index is 2.75. The molecule has 1 heteroatoms. The van der Waals surface area contributed by atoms with Crippen molar-refractivity contribution < 1.29 is 5.11 Å². The lowest BCUT2D eigenvalue weighted by Crippen LogP contribution is -2.48. The summed E-state index contributed by atoms with van der Waals surface area (Å²) in [5.74, 6) is 0.260. The standard InChI is InChI=1S/C17H26O/c1-12(11-18)17(6)14-10-8-7-9-13(14)15(2,3)16(17,4)5/h7-10,12,18H,11H2,1-6H3. The Morgan fingerprint density at radius 3 is 2.00 bits per heavy atom. The van der Waals surface area contributed by atoms with Crippen molar-refractivity contribution in [3.8, 4) is 0 Å². The maximum atomic E-state index is 9.69. The van der Waals surface area contributed by atoms with E-state index in [1.165, 1.54) is 11.1 Å². The number of benzene rings is 1. The summed E-state index contributed by atoms with van der Waals surface area (Å²) in [5, 5.41) is 9.69. The molecule has 1 nitrogen and oxygen atoms in total.